The van der Waals surface area contributed by atoms with Gasteiger partial charge in [-0.25, -0.2) is 0 Å². The molecule has 1 atom stereocenters. The van der Waals surface area contributed by atoms with E-state index in [2.05, 4.69) is 26.7 Å². The fourth-order valence-electron chi connectivity index (χ4n) is 3.44. The third-order valence-electron chi connectivity index (χ3n) is 4.87. The van der Waals surface area contributed by atoms with Gasteiger partial charge in [0.2, 0.25) is 0 Å². The Hall–Kier alpha value is -1.03. The molecule has 1 aromatic heterocycles. The number of nitrogens with zero attached hydrogens (tertiary/aromatic N) is 6. The topological polar surface area (TPSA) is 74.6 Å². The fourth-order valence-corrected chi connectivity index (χ4v) is 4.53. The molecule has 0 aliphatic carbocycles. The Bertz CT molecular complexity index is 656. The molecule has 1 saturated heterocycles. The van der Waals surface area contributed by atoms with Gasteiger partial charge in [0.15, 0.2) is 0 Å². The van der Waals surface area contributed by atoms with E-state index in [-0.39, 0.29) is 0 Å². The van der Waals surface area contributed by atoms with Gasteiger partial charge >= 0.3 is 0 Å². The van der Waals surface area contributed by atoms with Crippen molar-refractivity contribution in [1.29, 1.82) is 0 Å². The van der Waals surface area contributed by atoms with E-state index in [1.807, 2.05) is 0 Å². The van der Waals surface area contributed by atoms with Gasteiger partial charge < -0.3 is 4.57 Å². The second kappa shape index (κ2) is 6.46. The van der Waals surface area contributed by atoms with Crippen molar-refractivity contribution in [3.05, 3.63) is 11.6 Å². The fraction of sp³-hybridized carbons (Fsp3) is 0.857. The molecule has 0 spiro atoms. The van der Waals surface area contributed by atoms with Gasteiger partial charge in [-0.2, -0.15) is 17.0 Å². The maximum Gasteiger partial charge on any atom is 0.281 e. The van der Waals surface area contributed by atoms with Gasteiger partial charge in [-0.05, 0) is 26.4 Å². The molecule has 0 radical (unpaired) electrons. The molecule has 0 unspecified atom stereocenters. The molecular formula is C14H26N6O2S. The lowest BCUT2D eigenvalue weighted by Gasteiger charge is -2.32. The quantitative estimate of drug-likeness (QED) is 0.779. The second-order valence-corrected chi connectivity index (χ2v) is 8.70. The molecule has 23 heavy (non-hydrogen) atoms. The van der Waals surface area contributed by atoms with Crippen LogP contribution in [0.2, 0.25) is 0 Å². The van der Waals surface area contributed by atoms with Gasteiger partial charge in [0.05, 0.1) is 6.04 Å². The van der Waals surface area contributed by atoms with Crippen LogP contribution in [0.1, 0.15) is 37.0 Å². The Kier molecular flexibility index (Phi) is 4.73. The summed E-state index contributed by atoms with van der Waals surface area (Å²) in [5, 5.41) is 8.77. The van der Waals surface area contributed by atoms with Crippen molar-refractivity contribution in [3.63, 3.8) is 0 Å². The average Bonchev–Trinajstić information content (AvgIpc) is 2.78. The summed E-state index contributed by atoms with van der Waals surface area (Å²) in [6.07, 6.45) is 4.13. The van der Waals surface area contributed by atoms with Crippen LogP contribution in [0.3, 0.4) is 0 Å². The Labute approximate surface area is 138 Å². The molecule has 0 bridgehead atoms. The summed E-state index contributed by atoms with van der Waals surface area (Å²) in [4.78, 5) is 2.33. The molecule has 130 valence electrons. The number of hydrogen-bond donors (Lipinski definition) is 0. The van der Waals surface area contributed by atoms with Crippen LogP contribution < -0.4 is 0 Å². The van der Waals surface area contributed by atoms with Crippen LogP contribution in [0.5, 0.6) is 0 Å². The standard InChI is InChI=1S/C14H26N6O2S/c1-17(2)23(21,22)19-9-7-13-15-16-14(20(13)11-10-19)12-6-4-5-8-18(12)3/h12H,4-11H2,1-3H3/t12-/m1/s1. The summed E-state index contributed by atoms with van der Waals surface area (Å²) >= 11 is 0. The molecule has 3 rings (SSSR count). The van der Waals surface area contributed by atoms with E-state index in [0.717, 1.165) is 24.6 Å². The van der Waals surface area contributed by atoms with Crippen LogP contribution in [-0.4, -0.2) is 77.5 Å². The lowest BCUT2D eigenvalue weighted by atomic mass is 10.0. The van der Waals surface area contributed by atoms with E-state index in [1.165, 1.54) is 21.5 Å². The van der Waals surface area contributed by atoms with Gasteiger partial charge in [-0.1, -0.05) is 6.42 Å². The van der Waals surface area contributed by atoms with Crippen molar-refractivity contribution in [1.82, 2.24) is 28.3 Å². The number of fused-ring (bicyclic) bond motifs is 1. The minimum atomic E-state index is -3.37. The Morgan fingerprint density at radius 1 is 1.09 bits per heavy atom. The number of piperidine rings is 1. The zero-order valence-electron chi connectivity index (χ0n) is 14.1. The van der Waals surface area contributed by atoms with E-state index in [0.29, 0.717) is 32.1 Å². The molecule has 0 aromatic carbocycles. The Balaban J connectivity index is 1.82. The number of likely N-dealkylation sites (tertiary alicyclic amines) is 1. The van der Waals surface area contributed by atoms with Gasteiger partial charge in [0.25, 0.3) is 10.2 Å². The SMILES string of the molecule is CN1CCCC[C@@H]1c1nnc2n1CCN(S(=O)(=O)N(C)C)CC2. The summed E-state index contributed by atoms with van der Waals surface area (Å²) in [6, 6.07) is 0.294. The van der Waals surface area contributed by atoms with Gasteiger partial charge in [-0.15, -0.1) is 10.2 Å². The zero-order chi connectivity index (χ0) is 16.6. The monoisotopic (exact) mass is 342 g/mol. The number of rotatable bonds is 3. The van der Waals surface area contributed by atoms with Crippen molar-refractivity contribution in [2.24, 2.45) is 0 Å². The maximum atomic E-state index is 12.3. The van der Waals surface area contributed by atoms with E-state index in [4.69, 9.17) is 0 Å². The van der Waals surface area contributed by atoms with Crippen LogP contribution in [0.15, 0.2) is 0 Å². The first-order chi connectivity index (χ1) is 10.9. The molecule has 8 nitrogen and oxygen atoms in total. The average molecular weight is 342 g/mol. The second-order valence-electron chi connectivity index (χ2n) is 6.56. The smallest absolute Gasteiger partial charge is 0.281 e. The maximum absolute atomic E-state index is 12.3. The van der Waals surface area contributed by atoms with Crippen molar-refractivity contribution < 1.29 is 8.42 Å². The number of aromatic nitrogens is 3. The van der Waals surface area contributed by atoms with E-state index in [1.54, 1.807) is 14.1 Å². The van der Waals surface area contributed by atoms with E-state index < -0.39 is 10.2 Å². The predicted molar refractivity (Wildman–Crippen MR) is 87.1 cm³/mol. The summed E-state index contributed by atoms with van der Waals surface area (Å²) in [5.41, 5.74) is 0. The molecule has 0 amide bonds. The summed E-state index contributed by atoms with van der Waals surface area (Å²) in [6.45, 7) is 2.62. The molecular weight excluding hydrogens is 316 g/mol. The van der Waals surface area contributed by atoms with Gasteiger partial charge in [0, 0.05) is 40.2 Å². The summed E-state index contributed by atoms with van der Waals surface area (Å²) in [7, 11) is 1.90. The molecule has 2 aliphatic heterocycles. The van der Waals surface area contributed by atoms with Gasteiger partial charge in [-0.3, -0.25) is 4.90 Å². The predicted octanol–water partition coefficient (Wildman–Crippen LogP) is 0.0994. The molecule has 2 aliphatic rings. The highest BCUT2D eigenvalue weighted by Crippen LogP contribution is 2.29. The van der Waals surface area contributed by atoms with Crippen LogP contribution in [-0.2, 0) is 23.2 Å². The first-order valence-corrected chi connectivity index (χ1v) is 9.61. The summed E-state index contributed by atoms with van der Waals surface area (Å²) in [5.74, 6) is 1.89. The first-order valence-electron chi connectivity index (χ1n) is 8.21. The third-order valence-corrected chi connectivity index (χ3v) is 6.81. The van der Waals surface area contributed by atoms with Crippen molar-refractivity contribution in [2.75, 3.05) is 40.8 Å². The lowest BCUT2D eigenvalue weighted by molar-refractivity contribution is 0.174. The molecule has 9 heteroatoms. The normalized spacial score (nSPS) is 24.6. The highest BCUT2D eigenvalue weighted by molar-refractivity contribution is 7.86. The zero-order valence-corrected chi connectivity index (χ0v) is 15.0. The minimum absolute atomic E-state index is 0.294. The number of hydrogen-bond acceptors (Lipinski definition) is 5. The molecule has 3 heterocycles. The van der Waals surface area contributed by atoms with Crippen molar-refractivity contribution >= 4 is 10.2 Å². The largest absolute Gasteiger partial charge is 0.312 e. The van der Waals surface area contributed by atoms with Gasteiger partial charge in [0.1, 0.15) is 11.6 Å². The molecule has 1 aromatic rings. The minimum Gasteiger partial charge on any atom is -0.312 e. The summed E-state index contributed by atoms with van der Waals surface area (Å²) < 4.78 is 29.6. The Morgan fingerprint density at radius 3 is 2.57 bits per heavy atom. The van der Waals surface area contributed by atoms with Crippen LogP contribution in [0.25, 0.3) is 0 Å². The highest BCUT2D eigenvalue weighted by atomic mass is 32.2. The van der Waals surface area contributed by atoms with Crippen LogP contribution in [0, 0.1) is 0 Å². The van der Waals surface area contributed by atoms with Crippen LogP contribution >= 0.6 is 0 Å². The van der Waals surface area contributed by atoms with E-state index in [9.17, 15) is 8.42 Å². The first kappa shape index (κ1) is 16.8. The molecule has 0 saturated carbocycles. The van der Waals surface area contributed by atoms with Crippen molar-refractivity contribution in [2.45, 2.75) is 38.3 Å². The van der Waals surface area contributed by atoms with Crippen molar-refractivity contribution in [3.8, 4) is 0 Å². The highest BCUT2D eigenvalue weighted by Gasteiger charge is 2.31. The molecule has 1 fully saturated rings. The van der Waals surface area contributed by atoms with E-state index >= 15 is 0 Å². The van der Waals surface area contributed by atoms with Crippen LogP contribution in [0.4, 0.5) is 0 Å². The lowest BCUT2D eigenvalue weighted by Crippen LogP contribution is -2.41. The third kappa shape index (κ3) is 3.15. The molecule has 0 N–H and O–H groups in total. The Morgan fingerprint density at radius 2 is 1.87 bits per heavy atom.